The van der Waals surface area contributed by atoms with Crippen LogP contribution in [-0.2, 0) is 6.54 Å². The van der Waals surface area contributed by atoms with Crippen molar-refractivity contribution < 1.29 is 9.50 Å². The highest BCUT2D eigenvalue weighted by molar-refractivity contribution is 6.31. The molecule has 1 N–H and O–H groups in total. The lowest BCUT2D eigenvalue weighted by atomic mass is 10.1. The zero-order valence-corrected chi connectivity index (χ0v) is 13.2. The van der Waals surface area contributed by atoms with Crippen LogP contribution in [0.25, 0.3) is 0 Å². The molecular formula is C14H16Cl2FN3O. The Labute approximate surface area is 132 Å². The smallest absolute Gasteiger partial charge is 0.141 e. The van der Waals surface area contributed by atoms with E-state index in [-0.39, 0.29) is 5.02 Å². The van der Waals surface area contributed by atoms with E-state index in [1.807, 2.05) is 19.0 Å². The van der Waals surface area contributed by atoms with Gasteiger partial charge in [-0.1, -0.05) is 29.3 Å². The van der Waals surface area contributed by atoms with Gasteiger partial charge in [0.05, 0.1) is 28.5 Å². The van der Waals surface area contributed by atoms with Crippen LogP contribution in [0.3, 0.4) is 0 Å². The van der Waals surface area contributed by atoms with Crippen molar-refractivity contribution in [3.8, 4) is 0 Å². The van der Waals surface area contributed by atoms with E-state index in [1.54, 1.807) is 4.68 Å². The minimum absolute atomic E-state index is 0.0398. The number of rotatable bonds is 5. The molecule has 1 unspecified atom stereocenters. The molecule has 0 amide bonds. The lowest BCUT2D eigenvalue weighted by Gasteiger charge is -2.16. The van der Waals surface area contributed by atoms with Crippen molar-refractivity contribution in [2.45, 2.75) is 12.6 Å². The first-order chi connectivity index (χ1) is 9.90. The summed E-state index contributed by atoms with van der Waals surface area (Å²) in [5.74, 6) is -0.528. The molecule has 21 heavy (non-hydrogen) atoms. The number of hydrogen-bond acceptors (Lipinski definition) is 3. The van der Waals surface area contributed by atoms with E-state index in [2.05, 4.69) is 5.10 Å². The topological polar surface area (TPSA) is 41.3 Å². The average molecular weight is 332 g/mol. The molecule has 4 nitrogen and oxygen atoms in total. The zero-order chi connectivity index (χ0) is 15.6. The van der Waals surface area contributed by atoms with Gasteiger partial charge in [-0.15, -0.1) is 0 Å². The van der Waals surface area contributed by atoms with Crippen molar-refractivity contribution in [3.05, 3.63) is 51.5 Å². The molecule has 0 saturated heterocycles. The Morgan fingerprint density at radius 2 is 2.05 bits per heavy atom. The van der Waals surface area contributed by atoms with E-state index in [0.717, 1.165) is 6.54 Å². The van der Waals surface area contributed by atoms with Crippen LogP contribution < -0.4 is 0 Å². The molecule has 0 aliphatic rings. The maximum Gasteiger partial charge on any atom is 0.141 e. The van der Waals surface area contributed by atoms with Gasteiger partial charge in [-0.05, 0) is 31.8 Å². The Kier molecular flexibility index (Phi) is 5.22. The van der Waals surface area contributed by atoms with Crippen molar-refractivity contribution >= 4 is 23.2 Å². The van der Waals surface area contributed by atoms with Crippen LogP contribution in [0.1, 0.15) is 17.4 Å². The van der Waals surface area contributed by atoms with Gasteiger partial charge in [0.1, 0.15) is 11.9 Å². The van der Waals surface area contributed by atoms with Gasteiger partial charge in [0.15, 0.2) is 0 Å². The number of aromatic nitrogens is 2. The molecule has 0 aliphatic carbocycles. The summed E-state index contributed by atoms with van der Waals surface area (Å²) in [6.45, 7) is 1.34. The molecule has 1 heterocycles. The van der Waals surface area contributed by atoms with Crippen LogP contribution in [0.2, 0.25) is 10.0 Å². The van der Waals surface area contributed by atoms with Gasteiger partial charge >= 0.3 is 0 Å². The largest absolute Gasteiger partial charge is 0.382 e. The van der Waals surface area contributed by atoms with Crippen LogP contribution in [-0.4, -0.2) is 40.4 Å². The molecule has 1 atom stereocenters. The van der Waals surface area contributed by atoms with Crippen LogP contribution in [0.15, 0.2) is 24.4 Å². The van der Waals surface area contributed by atoms with E-state index in [4.69, 9.17) is 23.2 Å². The van der Waals surface area contributed by atoms with Crippen molar-refractivity contribution in [1.82, 2.24) is 14.7 Å². The maximum atomic E-state index is 13.2. The van der Waals surface area contributed by atoms with Crippen molar-refractivity contribution in [2.24, 2.45) is 0 Å². The second-order valence-corrected chi connectivity index (χ2v) is 5.79. The summed E-state index contributed by atoms with van der Waals surface area (Å²) >= 11 is 11.9. The molecule has 0 saturated carbocycles. The molecule has 0 fully saturated rings. The van der Waals surface area contributed by atoms with Gasteiger partial charge in [-0.3, -0.25) is 4.68 Å². The maximum absolute atomic E-state index is 13.2. The molecular weight excluding hydrogens is 316 g/mol. The quantitative estimate of drug-likeness (QED) is 0.915. The third-order valence-electron chi connectivity index (χ3n) is 3.11. The highest BCUT2D eigenvalue weighted by atomic mass is 35.5. The van der Waals surface area contributed by atoms with E-state index >= 15 is 0 Å². The molecule has 2 rings (SSSR count). The summed E-state index contributed by atoms with van der Waals surface area (Å²) in [7, 11) is 3.89. The Hall–Kier alpha value is -1.14. The number of nitrogens with zero attached hydrogens (tertiary/aromatic N) is 3. The first-order valence-corrected chi connectivity index (χ1v) is 7.14. The van der Waals surface area contributed by atoms with Crippen molar-refractivity contribution in [3.63, 3.8) is 0 Å². The number of aliphatic hydroxyl groups is 1. The Morgan fingerprint density at radius 1 is 1.33 bits per heavy atom. The van der Waals surface area contributed by atoms with E-state index in [0.29, 0.717) is 22.8 Å². The van der Waals surface area contributed by atoms with Gasteiger partial charge in [0, 0.05) is 6.54 Å². The predicted octanol–water partition coefficient (Wildman–Crippen LogP) is 2.97. The van der Waals surface area contributed by atoms with Crippen LogP contribution >= 0.6 is 23.2 Å². The number of aliphatic hydroxyl groups excluding tert-OH is 1. The molecule has 0 bridgehead atoms. The Bertz CT molecular complexity index is 631. The average Bonchev–Trinajstić information content (AvgIpc) is 2.80. The summed E-state index contributed by atoms with van der Waals surface area (Å²) in [6, 6.07) is 4.09. The first-order valence-electron chi connectivity index (χ1n) is 6.39. The van der Waals surface area contributed by atoms with Gasteiger partial charge in [0.2, 0.25) is 0 Å². The third-order valence-corrected chi connectivity index (χ3v) is 3.69. The summed E-state index contributed by atoms with van der Waals surface area (Å²) in [5, 5.41) is 15.0. The van der Waals surface area contributed by atoms with Crippen LogP contribution in [0.4, 0.5) is 4.39 Å². The summed E-state index contributed by atoms with van der Waals surface area (Å²) in [5.41, 5.74) is 0.941. The number of likely N-dealkylation sites (N-methyl/N-ethyl adjacent to an activating group) is 1. The standard InChI is InChI=1S/C14H16Cl2FN3O/c1-19(2)5-6-20-13(11(16)8-18-20)14(21)9-3-4-12(17)10(15)7-9/h3-4,7-8,14,21H,5-6H2,1-2H3. The summed E-state index contributed by atoms with van der Waals surface area (Å²) in [4.78, 5) is 2.00. The molecule has 0 spiro atoms. The highest BCUT2D eigenvalue weighted by Crippen LogP contribution is 2.30. The first kappa shape index (κ1) is 16.2. The molecule has 1 aromatic carbocycles. The molecule has 1 aromatic heterocycles. The Balaban J connectivity index is 2.31. The number of hydrogen-bond donors (Lipinski definition) is 1. The second kappa shape index (κ2) is 6.75. The zero-order valence-electron chi connectivity index (χ0n) is 11.7. The molecule has 0 aliphatic heterocycles. The fourth-order valence-corrected chi connectivity index (χ4v) is 2.39. The van der Waals surface area contributed by atoms with Gasteiger partial charge in [0.25, 0.3) is 0 Å². The van der Waals surface area contributed by atoms with Crippen LogP contribution in [0.5, 0.6) is 0 Å². The summed E-state index contributed by atoms with van der Waals surface area (Å²) in [6.07, 6.45) is 0.473. The lowest BCUT2D eigenvalue weighted by Crippen LogP contribution is -2.21. The van der Waals surface area contributed by atoms with Gasteiger partial charge in [-0.25, -0.2) is 4.39 Å². The van der Waals surface area contributed by atoms with E-state index < -0.39 is 11.9 Å². The minimum atomic E-state index is -1.01. The third kappa shape index (κ3) is 3.74. The SMILES string of the molecule is CN(C)CCn1ncc(Cl)c1C(O)c1ccc(F)c(Cl)c1. The molecule has 2 aromatic rings. The molecule has 7 heteroatoms. The second-order valence-electron chi connectivity index (χ2n) is 4.98. The normalized spacial score (nSPS) is 12.9. The monoisotopic (exact) mass is 331 g/mol. The molecule has 0 radical (unpaired) electrons. The Morgan fingerprint density at radius 3 is 2.67 bits per heavy atom. The van der Waals surface area contributed by atoms with Crippen molar-refractivity contribution in [1.29, 1.82) is 0 Å². The van der Waals surface area contributed by atoms with E-state index in [9.17, 15) is 9.50 Å². The van der Waals surface area contributed by atoms with Gasteiger partial charge in [-0.2, -0.15) is 5.10 Å². The summed E-state index contributed by atoms with van der Waals surface area (Å²) < 4.78 is 14.9. The fraction of sp³-hybridized carbons (Fsp3) is 0.357. The number of halogens is 3. The predicted molar refractivity (Wildman–Crippen MR) is 81.3 cm³/mol. The lowest BCUT2D eigenvalue weighted by molar-refractivity contribution is 0.205. The fourth-order valence-electron chi connectivity index (χ4n) is 1.96. The van der Waals surface area contributed by atoms with Crippen LogP contribution in [0, 0.1) is 5.82 Å². The van der Waals surface area contributed by atoms with Crippen molar-refractivity contribution in [2.75, 3.05) is 20.6 Å². The van der Waals surface area contributed by atoms with Gasteiger partial charge < -0.3 is 10.0 Å². The molecule has 114 valence electrons. The minimum Gasteiger partial charge on any atom is -0.382 e. The van der Waals surface area contributed by atoms with E-state index in [1.165, 1.54) is 24.4 Å². The number of benzene rings is 1. The highest BCUT2D eigenvalue weighted by Gasteiger charge is 2.20.